The Morgan fingerprint density at radius 2 is 1.11 bits per heavy atom. The second kappa shape index (κ2) is 7.77. The third-order valence-electron chi connectivity index (χ3n) is 1.79. The molecule has 0 fully saturated rings. The molecule has 0 spiro atoms. The molecule has 0 aromatic carbocycles. The zero-order valence-corrected chi connectivity index (χ0v) is 10.8. The molecule has 2 heterocycles. The molecule has 0 aliphatic carbocycles. The minimum atomic E-state index is 0. The fraction of sp³-hybridized carbons (Fsp3) is 0. The van der Waals surface area contributed by atoms with Crippen LogP contribution in [-0.4, -0.2) is 11.0 Å². The molecule has 8 heteroatoms. The lowest BCUT2D eigenvalue weighted by Crippen LogP contribution is -2.28. The average Bonchev–Trinajstić information content (AvgIpc) is 2.30. The molecule has 0 unspecified atom stereocenters. The van der Waals surface area contributed by atoms with Crippen LogP contribution in [0.1, 0.15) is 0 Å². The number of nitrogens with zero attached hydrogens (tertiary/aromatic N) is 2. The molecule has 0 bridgehead atoms. The first-order chi connectivity index (χ1) is 7.77. The molecular formula is C10H12N2O4S2. The molecule has 98 valence electrons. The van der Waals surface area contributed by atoms with Gasteiger partial charge in [-0.1, -0.05) is 0 Å². The molecular weight excluding hydrogens is 276 g/mol. The van der Waals surface area contributed by atoms with Gasteiger partial charge in [0.1, 0.15) is 0 Å². The fourth-order valence-electron chi connectivity index (χ4n) is 1.04. The van der Waals surface area contributed by atoms with Crippen LogP contribution in [0.25, 0.3) is 0 Å². The lowest BCUT2D eigenvalue weighted by Gasteiger charge is -2.03. The second-order valence-electron chi connectivity index (χ2n) is 2.90. The molecule has 0 amide bonds. The Morgan fingerprint density at radius 3 is 1.44 bits per heavy atom. The second-order valence-corrected chi connectivity index (χ2v) is 5.07. The van der Waals surface area contributed by atoms with E-state index in [1.165, 1.54) is 34.0 Å². The van der Waals surface area contributed by atoms with Gasteiger partial charge in [0.25, 0.3) is 10.1 Å². The molecule has 2 aromatic heterocycles. The van der Waals surface area contributed by atoms with E-state index in [2.05, 4.69) is 0 Å². The Bertz CT molecular complexity index is 453. The van der Waals surface area contributed by atoms with Gasteiger partial charge in [-0.2, -0.15) is 9.46 Å². The Kier molecular flexibility index (Phi) is 7.13. The van der Waals surface area contributed by atoms with E-state index in [1.807, 2.05) is 0 Å². The van der Waals surface area contributed by atoms with Crippen LogP contribution in [0.5, 0.6) is 0 Å². The van der Waals surface area contributed by atoms with Crippen molar-refractivity contribution in [1.82, 2.24) is 0 Å². The highest BCUT2D eigenvalue weighted by Gasteiger charge is 2.10. The van der Waals surface area contributed by atoms with Crippen LogP contribution in [0.4, 0.5) is 0 Å². The largest absolute Gasteiger partial charge is 0.618 e. The molecule has 2 aromatic rings. The molecule has 6 nitrogen and oxygen atoms in total. The summed E-state index contributed by atoms with van der Waals surface area (Å²) in [6.07, 6.45) is 2.86. The number of hydrogen-bond donors (Lipinski definition) is 0. The summed E-state index contributed by atoms with van der Waals surface area (Å²) >= 11 is 0. The van der Waals surface area contributed by atoms with Gasteiger partial charge >= 0.3 is 0 Å². The first-order valence-corrected chi connectivity index (χ1v) is 6.63. The number of rotatable bonds is 3. The van der Waals surface area contributed by atoms with Gasteiger partial charge < -0.3 is 21.4 Å². The molecule has 0 atom stereocenters. The van der Waals surface area contributed by atoms with E-state index in [0.29, 0.717) is 10.1 Å². The van der Waals surface area contributed by atoms with Crippen molar-refractivity contribution < 1.29 is 20.4 Å². The van der Waals surface area contributed by atoms with E-state index in [1.54, 1.807) is 36.4 Å². The smallest absolute Gasteiger partial charge is 0.262 e. The standard InChI is InChI=1S/C10H8N2O2S2.2H2O/c13-11-7-3-1-5-9(11)15-16-10-6-2-4-8-12(10)14;;/h1-8H;2*1H2. The molecule has 0 aliphatic heterocycles. The third kappa shape index (κ3) is 4.08. The van der Waals surface area contributed by atoms with Crippen LogP contribution in [0.15, 0.2) is 58.8 Å². The molecule has 0 aliphatic rings. The van der Waals surface area contributed by atoms with Crippen molar-refractivity contribution in [3.63, 3.8) is 0 Å². The minimum Gasteiger partial charge on any atom is -0.618 e. The Balaban J connectivity index is 0.00000144. The monoisotopic (exact) mass is 288 g/mol. The highest BCUT2D eigenvalue weighted by atomic mass is 33.1. The maximum atomic E-state index is 11.3. The van der Waals surface area contributed by atoms with Gasteiger partial charge in [-0.25, -0.2) is 0 Å². The molecule has 0 saturated carbocycles. The van der Waals surface area contributed by atoms with Crippen LogP contribution in [0.3, 0.4) is 0 Å². The van der Waals surface area contributed by atoms with E-state index < -0.39 is 0 Å². The predicted octanol–water partition coefficient (Wildman–Crippen LogP) is 0.103. The summed E-state index contributed by atoms with van der Waals surface area (Å²) in [5.41, 5.74) is 0. The van der Waals surface area contributed by atoms with Crippen molar-refractivity contribution in [1.29, 1.82) is 0 Å². The Labute approximate surface area is 111 Å². The third-order valence-corrected chi connectivity index (χ3v) is 4.12. The topological polar surface area (TPSA) is 117 Å². The fourth-order valence-corrected chi connectivity index (χ4v) is 3.03. The number of pyridine rings is 2. The quantitative estimate of drug-likeness (QED) is 0.452. The van der Waals surface area contributed by atoms with E-state index in [0.717, 1.165) is 9.46 Å². The maximum absolute atomic E-state index is 11.3. The normalized spacial score (nSPS) is 9.11. The zero-order chi connectivity index (χ0) is 11.4. The predicted molar refractivity (Wildman–Crippen MR) is 69.7 cm³/mol. The van der Waals surface area contributed by atoms with Crippen LogP contribution in [0, 0.1) is 10.4 Å². The van der Waals surface area contributed by atoms with Crippen molar-refractivity contribution in [3.05, 3.63) is 59.2 Å². The van der Waals surface area contributed by atoms with Crippen LogP contribution in [-0.2, 0) is 0 Å². The molecule has 2 rings (SSSR count). The van der Waals surface area contributed by atoms with Crippen LogP contribution >= 0.6 is 21.6 Å². The van der Waals surface area contributed by atoms with Gasteiger partial charge in [0.15, 0.2) is 12.4 Å². The molecule has 18 heavy (non-hydrogen) atoms. The van der Waals surface area contributed by atoms with Crippen molar-refractivity contribution in [2.45, 2.75) is 10.1 Å². The summed E-state index contributed by atoms with van der Waals surface area (Å²) in [6, 6.07) is 10.3. The van der Waals surface area contributed by atoms with Gasteiger partial charge in [0.05, 0.1) is 0 Å². The highest BCUT2D eigenvalue weighted by Crippen LogP contribution is 2.33. The van der Waals surface area contributed by atoms with Gasteiger partial charge in [0, 0.05) is 45.9 Å². The van der Waals surface area contributed by atoms with Gasteiger partial charge in [0.2, 0.25) is 0 Å². The number of hydrogen-bond acceptors (Lipinski definition) is 4. The van der Waals surface area contributed by atoms with Gasteiger partial charge in [-0.3, -0.25) is 0 Å². The number of aromatic nitrogens is 2. The van der Waals surface area contributed by atoms with Gasteiger partial charge in [-0.05, 0) is 12.1 Å². The average molecular weight is 288 g/mol. The summed E-state index contributed by atoms with van der Waals surface area (Å²) in [5.74, 6) is 0. The van der Waals surface area contributed by atoms with Crippen LogP contribution < -0.4 is 9.46 Å². The summed E-state index contributed by atoms with van der Waals surface area (Å²) in [4.78, 5) is 0. The van der Waals surface area contributed by atoms with Crippen LogP contribution in [0.2, 0.25) is 0 Å². The molecule has 0 saturated heterocycles. The maximum Gasteiger partial charge on any atom is 0.262 e. The van der Waals surface area contributed by atoms with Crippen molar-refractivity contribution >= 4 is 21.6 Å². The summed E-state index contributed by atoms with van der Waals surface area (Å²) in [5, 5.41) is 23.8. The lowest BCUT2D eigenvalue weighted by atomic mass is 10.5. The molecule has 4 N–H and O–H groups in total. The Hall–Kier alpha value is -1.48. The minimum absolute atomic E-state index is 0. The SMILES string of the molecule is O.O.[O-][n+]1ccccc1SSc1cccc[n+]1[O-]. The zero-order valence-electron chi connectivity index (χ0n) is 9.15. The first-order valence-electron chi connectivity index (χ1n) is 4.48. The first kappa shape index (κ1) is 16.5. The Morgan fingerprint density at radius 1 is 0.722 bits per heavy atom. The van der Waals surface area contributed by atoms with E-state index >= 15 is 0 Å². The lowest BCUT2D eigenvalue weighted by molar-refractivity contribution is -0.646. The highest BCUT2D eigenvalue weighted by molar-refractivity contribution is 8.76. The van der Waals surface area contributed by atoms with Crippen molar-refractivity contribution in [2.75, 3.05) is 0 Å². The summed E-state index contributed by atoms with van der Waals surface area (Å²) < 4.78 is 1.55. The van der Waals surface area contributed by atoms with Crippen molar-refractivity contribution in [3.8, 4) is 0 Å². The van der Waals surface area contributed by atoms with E-state index in [9.17, 15) is 10.4 Å². The summed E-state index contributed by atoms with van der Waals surface area (Å²) in [7, 11) is 2.52. The van der Waals surface area contributed by atoms with Gasteiger partial charge in [-0.15, -0.1) is 0 Å². The van der Waals surface area contributed by atoms with Crippen molar-refractivity contribution in [2.24, 2.45) is 0 Å². The van der Waals surface area contributed by atoms with E-state index in [-0.39, 0.29) is 11.0 Å². The molecule has 0 radical (unpaired) electrons. The van der Waals surface area contributed by atoms with E-state index in [4.69, 9.17) is 0 Å². The summed E-state index contributed by atoms with van der Waals surface area (Å²) in [6.45, 7) is 0.